The zero-order chi connectivity index (χ0) is 15.7. The number of hydrogen-bond acceptors (Lipinski definition) is 2. The molecule has 0 saturated heterocycles. The van der Waals surface area contributed by atoms with Crippen LogP contribution in [-0.4, -0.2) is 9.97 Å². The first kappa shape index (κ1) is 15.1. The molecule has 0 amide bonds. The maximum Gasteiger partial charge on any atom is 0.259 e. The number of hydrogen-bond donors (Lipinski definition) is 1. The smallest absolute Gasteiger partial charge is 0.259 e. The van der Waals surface area contributed by atoms with Gasteiger partial charge in [-0.15, -0.1) is 0 Å². The molecule has 0 aliphatic heterocycles. The topological polar surface area (TPSA) is 45.8 Å². The van der Waals surface area contributed by atoms with Crippen molar-refractivity contribution in [3.63, 3.8) is 0 Å². The minimum atomic E-state index is -0.298. The van der Waals surface area contributed by atoms with E-state index in [1.807, 2.05) is 18.2 Å². The third-order valence-electron chi connectivity index (χ3n) is 3.08. The molecule has 0 unspecified atom stereocenters. The van der Waals surface area contributed by atoms with Crippen molar-refractivity contribution in [1.82, 2.24) is 9.97 Å². The van der Waals surface area contributed by atoms with Crippen LogP contribution in [0.15, 0.2) is 47.3 Å². The highest BCUT2D eigenvalue weighted by Gasteiger charge is 2.08. The van der Waals surface area contributed by atoms with E-state index in [4.69, 9.17) is 34.8 Å². The third kappa shape index (κ3) is 3.02. The Hall–Kier alpha value is -1.81. The summed E-state index contributed by atoms with van der Waals surface area (Å²) in [4.78, 5) is 19.1. The molecule has 0 bridgehead atoms. The Balaban J connectivity index is 2.12. The lowest BCUT2D eigenvalue weighted by atomic mass is 10.2. The highest BCUT2D eigenvalue weighted by atomic mass is 35.5. The highest BCUT2D eigenvalue weighted by molar-refractivity contribution is 6.51. The molecule has 0 fully saturated rings. The van der Waals surface area contributed by atoms with Crippen LogP contribution >= 0.6 is 34.8 Å². The van der Waals surface area contributed by atoms with E-state index in [9.17, 15) is 4.79 Å². The second kappa shape index (κ2) is 6.13. The largest absolute Gasteiger partial charge is 0.305 e. The molecule has 6 heteroatoms. The summed E-state index contributed by atoms with van der Waals surface area (Å²) in [6.07, 6.45) is 1.66. The number of fused-ring (bicyclic) bond motifs is 1. The predicted octanol–water partition coefficient (Wildman–Crippen LogP) is 4.97. The average Bonchev–Trinajstić information content (AvgIpc) is 2.50. The molecule has 0 saturated carbocycles. The lowest BCUT2D eigenvalue weighted by molar-refractivity contribution is 1.14. The molecular weight excluding hydrogens is 343 g/mol. The Morgan fingerprint density at radius 2 is 1.91 bits per heavy atom. The van der Waals surface area contributed by atoms with Crippen LogP contribution in [0.1, 0.15) is 11.4 Å². The van der Waals surface area contributed by atoms with Crippen LogP contribution in [0.3, 0.4) is 0 Å². The summed E-state index contributed by atoms with van der Waals surface area (Å²) in [5.74, 6) is 0.279. The molecule has 110 valence electrons. The Labute approximate surface area is 141 Å². The minimum absolute atomic E-state index is 0.279. The maximum atomic E-state index is 12.1. The molecule has 1 aromatic heterocycles. The van der Waals surface area contributed by atoms with Gasteiger partial charge in [-0.2, -0.15) is 0 Å². The summed E-state index contributed by atoms with van der Waals surface area (Å²) < 4.78 is 0. The Kier molecular flexibility index (Phi) is 4.21. The van der Waals surface area contributed by atoms with Gasteiger partial charge in [-0.25, -0.2) is 4.98 Å². The fourth-order valence-electron chi connectivity index (χ4n) is 2.02. The standard InChI is InChI=1S/C16H9Cl3N2O/c17-10-5-6-14-11(8-10)16(22)21-15(20-14)13(19)7-9-3-1-2-4-12(9)18/h1-8H,(H,20,21,22). The Morgan fingerprint density at radius 3 is 2.68 bits per heavy atom. The number of rotatable bonds is 2. The van der Waals surface area contributed by atoms with Gasteiger partial charge in [-0.3, -0.25) is 4.79 Å². The summed E-state index contributed by atoms with van der Waals surface area (Å²) in [5, 5.41) is 1.75. The van der Waals surface area contributed by atoms with Gasteiger partial charge in [-0.1, -0.05) is 53.0 Å². The second-order valence-electron chi connectivity index (χ2n) is 4.59. The summed E-state index contributed by atoms with van der Waals surface area (Å²) in [6.45, 7) is 0. The summed E-state index contributed by atoms with van der Waals surface area (Å²) in [7, 11) is 0. The molecule has 0 aliphatic carbocycles. The summed E-state index contributed by atoms with van der Waals surface area (Å²) >= 11 is 18.2. The van der Waals surface area contributed by atoms with Gasteiger partial charge < -0.3 is 4.98 Å². The molecular formula is C16H9Cl3N2O. The fourth-order valence-corrected chi connectivity index (χ4v) is 2.59. The van der Waals surface area contributed by atoms with E-state index in [-0.39, 0.29) is 11.4 Å². The Morgan fingerprint density at radius 1 is 1.14 bits per heavy atom. The van der Waals surface area contributed by atoms with E-state index in [0.717, 1.165) is 5.56 Å². The first-order valence-corrected chi connectivity index (χ1v) is 7.49. The lowest BCUT2D eigenvalue weighted by Crippen LogP contribution is -2.10. The number of H-pyrrole nitrogens is 1. The number of nitrogens with one attached hydrogen (secondary N) is 1. The van der Waals surface area contributed by atoms with Crippen molar-refractivity contribution < 1.29 is 0 Å². The fraction of sp³-hybridized carbons (Fsp3) is 0. The molecule has 0 atom stereocenters. The van der Waals surface area contributed by atoms with Gasteiger partial charge in [0.1, 0.15) is 0 Å². The van der Waals surface area contributed by atoms with Crippen LogP contribution in [0.5, 0.6) is 0 Å². The molecule has 3 rings (SSSR count). The van der Waals surface area contributed by atoms with Gasteiger partial charge in [0.15, 0.2) is 5.82 Å². The zero-order valence-electron chi connectivity index (χ0n) is 11.1. The maximum absolute atomic E-state index is 12.1. The zero-order valence-corrected chi connectivity index (χ0v) is 13.4. The van der Waals surface area contributed by atoms with Crippen molar-refractivity contribution in [2.24, 2.45) is 0 Å². The summed E-state index contributed by atoms with van der Waals surface area (Å²) in [5.41, 5.74) is 0.968. The molecule has 1 N–H and O–H groups in total. The van der Waals surface area contributed by atoms with Gasteiger partial charge in [0.05, 0.1) is 15.9 Å². The molecule has 1 heterocycles. The van der Waals surface area contributed by atoms with Crippen molar-refractivity contribution in [2.75, 3.05) is 0 Å². The van der Waals surface area contributed by atoms with Gasteiger partial charge in [0.2, 0.25) is 0 Å². The molecule has 2 aromatic carbocycles. The Bertz CT molecular complexity index is 948. The first-order valence-electron chi connectivity index (χ1n) is 6.36. The predicted molar refractivity (Wildman–Crippen MR) is 92.5 cm³/mol. The normalized spacial score (nSPS) is 11.9. The molecule has 3 aromatic rings. The van der Waals surface area contributed by atoms with Crippen LogP contribution in [0.2, 0.25) is 10.0 Å². The first-order chi connectivity index (χ1) is 10.5. The lowest BCUT2D eigenvalue weighted by Gasteiger charge is -2.03. The van der Waals surface area contributed by atoms with E-state index < -0.39 is 0 Å². The third-order valence-corrected chi connectivity index (χ3v) is 3.95. The number of aromatic nitrogens is 2. The van der Waals surface area contributed by atoms with Crippen LogP contribution in [0.25, 0.3) is 22.0 Å². The van der Waals surface area contributed by atoms with Crippen molar-refractivity contribution in [3.05, 3.63) is 74.3 Å². The van der Waals surface area contributed by atoms with Gasteiger partial charge >= 0.3 is 0 Å². The van der Waals surface area contributed by atoms with Gasteiger partial charge in [0, 0.05) is 10.0 Å². The van der Waals surface area contributed by atoms with E-state index in [0.29, 0.717) is 26.0 Å². The molecule has 0 spiro atoms. The van der Waals surface area contributed by atoms with E-state index in [2.05, 4.69) is 9.97 Å². The van der Waals surface area contributed by atoms with Crippen molar-refractivity contribution in [3.8, 4) is 0 Å². The summed E-state index contributed by atoms with van der Waals surface area (Å²) in [6, 6.07) is 12.2. The number of aromatic amines is 1. The van der Waals surface area contributed by atoms with Crippen LogP contribution in [0, 0.1) is 0 Å². The SMILES string of the molecule is O=c1[nH]c(C(Cl)=Cc2ccccc2Cl)nc2ccc(Cl)cc12. The van der Waals surface area contributed by atoms with Crippen molar-refractivity contribution >= 4 is 56.8 Å². The molecule has 3 nitrogen and oxygen atoms in total. The molecule has 0 aliphatic rings. The highest BCUT2D eigenvalue weighted by Crippen LogP contribution is 2.24. The van der Waals surface area contributed by atoms with Crippen molar-refractivity contribution in [2.45, 2.75) is 0 Å². The van der Waals surface area contributed by atoms with E-state index in [1.165, 1.54) is 0 Å². The average molecular weight is 352 g/mol. The van der Waals surface area contributed by atoms with Gasteiger partial charge in [0.25, 0.3) is 5.56 Å². The van der Waals surface area contributed by atoms with Crippen LogP contribution in [-0.2, 0) is 0 Å². The van der Waals surface area contributed by atoms with Crippen molar-refractivity contribution in [1.29, 1.82) is 0 Å². The van der Waals surface area contributed by atoms with Crippen LogP contribution in [0.4, 0.5) is 0 Å². The van der Waals surface area contributed by atoms with Gasteiger partial charge in [-0.05, 0) is 35.9 Å². The molecule has 0 radical (unpaired) electrons. The number of benzene rings is 2. The minimum Gasteiger partial charge on any atom is -0.305 e. The molecule has 22 heavy (non-hydrogen) atoms. The monoisotopic (exact) mass is 350 g/mol. The van der Waals surface area contributed by atoms with E-state index >= 15 is 0 Å². The quantitative estimate of drug-likeness (QED) is 0.708. The second-order valence-corrected chi connectivity index (χ2v) is 5.84. The number of nitrogens with zero attached hydrogens (tertiary/aromatic N) is 1. The number of halogens is 3. The van der Waals surface area contributed by atoms with Crippen LogP contribution < -0.4 is 5.56 Å². The van der Waals surface area contributed by atoms with E-state index in [1.54, 1.807) is 30.3 Å².